The van der Waals surface area contributed by atoms with Gasteiger partial charge in [0, 0.05) is 57.0 Å². The van der Waals surface area contributed by atoms with Crippen molar-refractivity contribution < 1.29 is 56.8 Å². The topological polar surface area (TPSA) is 297 Å². The molecule has 272 valence electrons. The van der Waals surface area contributed by atoms with Crippen LogP contribution >= 0.6 is 0 Å². The zero-order valence-electron chi connectivity index (χ0n) is 27.0. The standard InChI is InChI=1S/C28H34N4O10S2.C4H6O2/c29-19(27(35)36)5-1-3-11-31-43(39,40)23-14-24(44(41,42)32-12-4-2-6-20(30)28(37)38)18-10-8-16-22(34)13-21(33)15-7-9-17(23)26(18)25(15)16;1-3(2)4(5)6/h7-10,13-14,19-20,31-34H,1-6,11-12,29-30H2,(H,35,36)(H,37,38);1H2,2H3,(H,5,6). The molecule has 0 radical (unpaired) electrons. The van der Waals surface area contributed by atoms with Crippen molar-refractivity contribution in [2.75, 3.05) is 13.1 Å². The lowest BCUT2D eigenvalue weighted by Gasteiger charge is -2.19. The number of aromatic hydroxyl groups is 2. The summed E-state index contributed by atoms with van der Waals surface area (Å²) in [6.45, 7) is 4.46. The van der Waals surface area contributed by atoms with Gasteiger partial charge in [-0.3, -0.25) is 9.59 Å². The number of unbranched alkanes of at least 4 members (excludes halogenated alkanes) is 2. The van der Waals surface area contributed by atoms with Crippen molar-refractivity contribution in [1.29, 1.82) is 0 Å². The van der Waals surface area contributed by atoms with Crippen molar-refractivity contribution in [2.24, 2.45) is 11.5 Å². The average molecular weight is 737 g/mol. The lowest BCUT2D eigenvalue weighted by Crippen LogP contribution is -2.31. The maximum absolute atomic E-state index is 13.6. The van der Waals surface area contributed by atoms with E-state index in [2.05, 4.69) is 16.0 Å². The number of sulfonamides is 2. The Labute approximate surface area is 287 Å². The van der Waals surface area contributed by atoms with Crippen LogP contribution in [0, 0.1) is 0 Å². The highest BCUT2D eigenvalue weighted by molar-refractivity contribution is 7.90. The van der Waals surface area contributed by atoms with E-state index in [4.69, 9.17) is 26.8 Å². The Morgan fingerprint density at radius 3 is 1.36 bits per heavy atom. The van der Waals surface area contributed by atoms with Crippen LogP contribution < -0.4 is 20.9 Å². The summed E-state index contributed by atoms with van der Waals surface area (Å²) in [5, 5.41) is 48.2. The number of benzene rings is 4. The second-order valence-electron chi connectivity index (χ2n) is 11.6. The number of nitrogens with one attached hydrogen (secondary N) is 2. The summed E-state index contributed by atoms with van der Waals surface area (Å²) in [6, 6.07) is 5.92. The summed E-state index contributed by atoms with van der Waals surface area (Å²) < 4.78 is 59.3. The molecule has 0 saturated heterocycles. The van der Waals surface area contributed by atoms with Crippen LogP contribution in [0.5, 0.6) is 11.5 Å². The zero-order chi connectivity index (χ0) is 37.6. The van der Waals surface area contributed by atoms with Gasteiger partial charge < -0.3 is 37.0 Å². The Hall–Kier alpha value is -4.59. The minimum atomic E-state index is -4.34. The van der Waals surface area contributed by atoms with Crippen LogP contribution in [0.3, 0.4) is 0 Å². The number of carboxylic acid groups (broad SMARTS) is 3. The predicted molar refractivity (Wildman–Crippen MR) is 185 cm³/mol. The molecular formula is C32H40N4O12S2. The number of phenolic OH excluding ortho intramolecular Hbond substituents is 2. The maximum Gasteiger partial charge on any atom is 0.330 e. The van der Waals surface area contributed by atoms with Crippen LogP contribution in [0.1, 0.15) is 45.4 Å². The number of rotatable bonds is 17. The molecule has 16 nitrogen and oxygen atoms in total. The molecule has 11 N–H and O–H groups in total. The number of nitrogens with two attached hydrogens (primary N) is 2. The molecule has 0 saturated carbocycles. The van der Waals surface area contributed by atoms with E-state index in [-0.39, 0.29) is 98.0 Å². The van der Waals surface area contributed by atoms with Gasteiger partial charge in [0.25, 0.3) is 0 Å². The molecule has 4 rings (SSSR count). The summed E-state index contributed by atoms with van der Waals surface area (Å²) in [7, 11) is -8.67. The second kappa shape index (κ2) is 16.4. The first-order valence-electron chi connectivity index (χ1n) is 15.3. The Kier molecular flexibility index (Phi) is 13.1. The van der Waals surface area contributed by atoms with E-state index in [0.29, 0.717) is 12.8 Å². The highest BCUT2D eigenvalue weighted by atomic mass is 32.2. The summed E-state index contributed by atoms with van der Waals surface area (Å²) in [5.74, 6) is -3.82. The zero-order valence-corrected chi connectivity index (χ0v) is 28.7. The minimum Gasteiger partial charge on any atom is -0.507 e. The molecule has 18 heteroatoms. The van der Waals surface area contributed by atoms with E-state index in [1.165, 1.54) is 31.2 Å². The van der Waals surface area contributed by atoms with E-state index in [1.807, 2.05) is 0 Å². The Bertz CT molecular complexity index is 1990. The third-order valence-corrected chi connectivity index (χ3v) is 10.8. The van der Waals surface area contributed by atoms with Crippen LogP contribution in [0.25, 0.3) is 32.3 Å². The van der Waals surface area contributed by atoms with Gasteiger partial charge in [-0.05, 0) is 50.8 Å². The molecule has 0 spiro atoms. The lowest BCUT2D eigenvalue weighted by molar-refractivity contribution is -0.139. The van der Waals surface area contributed by atoms with Gasteiger partial charge in [-0.2, -0.15) is 0 Å². The summed E-state index contributed by atoms with van der Waals surface area (Å²) in [6.07, 6.45) is 1.47. The first-order valence-corrected chi connectivity index (χ1v) is 18.3. The van der Waals surface area contributed by atoms with E-state index in [9.17, 15) is 41.4 Å². The molecule has 0 bridgehead atoms. The van der Waals surface area contributed by atoms with Gasteiger partial charge in [0.05, 0.1) is 9.79 Å². The van der Waals surface area contributed by atoms with Gasteiger partial charge in [0.2, 0.25) is 20.0 Å². The van der Waals surface area contributed by atoms with Crippen LogP contribution in [0.2, 0.25) is 0 Å². The van der Waals surface area contributed by atoms with Gasteiger partial charge in [-0.15, -0.1) is 0 Å². The van der Waals surface area contributed by atoms with E-state index in [1.54, 1.807) is 0 Å². The summed E-state index contributed by atoms with van der Waals surface area (Å²) in [4.78, 5) is 30.8. The SMILES string of the molecule is C=C(C)C(=O)O.NC(CCCCNS(=O)(=O)c1cc(S(=O)(=O)NCCCCC(N)C(=O)O)c2ccc3c(O)cc(O)c4ccc1c2c43)C(=O)O. The molecule has 0 aliphatic carbocycles. The fraction of sp³-hybridized carbons (Fsp3) is 0.344. The van der Waals surface area contributed by atoms with Gasteiger partial charge in [0.15, 0.2) is 0 Å². The van der Waals surface area contributed by atoms with Crippen molar-refractivity contribution in [3.63, 3.8) is 0 Å². The average Bonchev–Trinajstić information content (AvgIpc) is 3.03. The second-order valence-corrected chi connectivity index (χ2v) is 15.1. The van der Waals surface area contributed by atoms with Gasteiger partial charge in [0.1, 0.15) is 23.6 Å². The molecule has 2 atom stereocenters. The largest absolute Gasteiger partial charge is 0.507 e. The maximum atomic E-state index is 13.6. The fourth-order valence-corrected chi connectivity index (χ4v) is 7.81. The monoisotopic (exact) mass is 736 g/mol. The van der Waals surface area contributed by atoms with Crippen LogP contribution in [0.4, 0.5) is 0 Å². The Morgan fingerprint density at radius 1 is 0.680 bits per heavy atom. The van der Waals surface area contributed by atoms with E-state index < -0.39 is 50.0 Å². The molecular weight excluding hydrogens is 697 g/mol. The number of aliphatic carboxylic acids is 3. The molecule has 0 fully saturated rings. The number of carbonyl (C=O) groups is 3. The van der Waals surface area contributed by atoms with Gasteiger partial charge in [-0.1, -0.05) is 31.6 Å². The van der Waals surface area contributed by atoms with Crippen molar-refractivity contribution in [2.45, 2.75) is 67.3 Å². The number of hydrogen-bond donors (Lipinski definition) is 9. The number of carboxylic acids is 3. The minimum absolute atomic E-state index is 0.0724. The van der Waals surface area contributed by atoms with Gasteiger partial charge >= 0.3 is 17.9 Å². The molecule has 0 amide bonds. The molecule has 0 aromatic heterocycles. The molecule has 4 aromatic carbocycles. The summed E-state index contributed by atoms with van der Waals surface area (Å²) in [5.41, 5.74) is 11.2. The molecule has 2 unspecified atom stereocenters. The van der Waals surface area contributed by atoms with Crippen LogP contribution in [-0.2, 0) is 34.4 Å². The van der Waals surface area contributed by atoms with Crippen molar-refractivity contribution in [3.05, 3.63) is 48.6 Å². The molecule has 0 aliphatic rings. The lowest BCUT2D eigenvalue weighted by atomic mass is 9.93. The predicted octanol–water partition coefficient (Wildman–Crippen LogP) is 2.36. The van der Waals surface area contributed by atoms with Crippen LogP contribution in [0.15, 0.2) is 58.3 Å². The molecule has 4 aromatic rings. The first kappa shape index (κ1) is 39.8. The normalized spacial score (nSPS) is 13.2. The molecule has 50 heavy (non-hydrogen) atoms. The highest BCUT2D eigenvalue weighted by Crippen LogP contribution is 2.45. The third kappa shape index (κ3) is 9.34. The van der Waals surface area contributed by atoms with Crippen molar-refractivity contribution >= 4 is 70.3 Å². The Balaban J connectivity index is 0.00000103. The fourth-order valence-electron chi connectivity index (χ4n) is 5.13. The van der Waals surface area contributed by atoms with Gasteiger partial charge in [-0.25, -0.2) is 31.1 Å². The van der Waals surface area contributed by atoms with E-state index >= 15 is 0 Å². The molecule has 0 aliphatic heterocycles. The number of hydrogen-bond acceptors (Lipinski definition) is 11. The summed E-state index contributed by atoms with van der Waals surface area (Å²) >= 11 is 0. The first-order chi connectivity index (χ1) is 23.3. The quantitative estimate of drug-likeness (QED) is 0.0427. The third-order valence-electron chi connectivity index (χ3n) is 7.83. The Morgan fingerprint density at radius 2 is 1.02 bits per heavy atom. The molecule has 0 heterocycles. The highest BCUT2D eigenvalue weighted by Gasteiger charge is 2.28. The van der Waals surface area contributed by atoms with Crippen molar-refractivity contribution in [1.82, 2.24) is 9.44 Å². The smallest absolute Gasteiger partial charge is 0.330 e. The van der Waals surface area contributed by atoms with Crippen molar-refractivity contribution in [3.8, 4) is 11.5 Å². The number of phenols is 2. The van der Waals surface area contributed by atoms with E-state index in [0.717, 1.165) is 12.1 Å². The van der Waals surface area contributed by atoms with Crippen LogP contribution in [-0.4, -0.2) is 85.4 Å².